The Morgan fingerprint density at radius 2 is 2.13 bits per heavy atom. The van der Waals surface area contributed by atoms with Crippen LogP contribution in [0.4, 0.5) is 4.39 Å². The molecule has 1 aliphatic heterocycles. The topological polar surface area (TPSA) is 45.2 Å². The smallest absolute Gasteiger partial charge is 0.227 e. The van der Waals surface area contributed by atoms with E-state index >= 15 is 0 Å². The van der Waals surface area contributed by atoms with Gasteiger partial charge in [0, 0.05) is 37.1 Å². The monoisotopic (exact) mass is 333 g/mol. The minimum atomic E-state index is -0.400. The number of amides is 1. The molecular formula is C17H17ClFN3O. The van der Waals surface area contributed by atoms with Gasteiger partial charge in [0.2, 0.25) is 5.91 Å². The van der Waals surface area contributed by atoms with Gasteiger partial charge < -0.3 is 10.2 Å². The first-order chi connectivity index (χ1) is 11.1. The van der Waals surface area contributed by atoms with Crippen LogP contribution in [-0.2, 0) is 11.2 Å². The van der Waals surface area contributed by atoms with Crippen molar-refractivity contribution >= 4 is 17.5 Å². The van der Waals surface area contributed by atoms with Gasteiger partial charge in [-0.15, -0.1) is 0 Å². The molecule has 0 bridgehead atoms. The molecule has 1 saturated heterocycles. The second-order valence-corrected chi connectivity index (χ2v) is 5.91. The summed E-state index contributed by atoms with van der Waals surface area (Å²) in [5.74, 6) is -0.412. The summed E-state index contributed by atoms with van der Waals surface area (Å²) < 4.78 is 13.1. The summed E-state index contributed by atoms with van der Waals surface area (Å²) in [6.07, 6.45) is 3.62. The molecule has 6 heteroatoms. The zero-order chi connectivity index (χ0) is 16.2. The molecule has 0 spiro atoms. The van der Waals surface area contributed by atoms with Crippen LogP contribution in [0.3, 0.4) is 0 Å². The number of carbonyl (C=O) groups is 1. The average Bonchev–Trinajstić information content (AvgIpc) is 2.58. The number of aromatic nitrogens is 1. The Morgan fingerprint density at radius 1 is 1.35 bits per heavy atom. The molecule has 1 aromatic heterocycles. The second kappa shape index (κ2) is 7.06. The highest BCUT2D eigenvalue weighted by molar-refractivity contribution is 6.31. The van der Waals surface area contributed by atoms with Gasteiger partial charge in [-0.05, 0) is 35.4 Å². The Bertz CT molecular complexity index is 695. The Balaban J connectivity index is 1.79. The fourth-order valence-corrected chi connectivity index (χ4v) is 3.05. The van der Waals surface area contributed by atoms with Gasteiger partial charge >= 0.3 is 0 Å². The predicted molar refractivity (Wildman–Crippen MR) is 86.7 cm³/mol. The van der Waals surface area contributed by atoms with Gasteiger partial charge in [0.1, 0.15) is 5.82 Å². The lowest BCUT2D eigenvalue weighted by molar-refractivity contribution is -0.133. The third-order valence-corrected chi connectivity index (χ3v) is 4.36. The standard InChI is InChI=1S/C17H17ClFN3O/c18-15-10-14(19)2-1-13(15)9-17(23)22-8-7-21-11-16(22)12-3-5-20-6-4-12/h1-6,10,16,21H,7-9,11H2. The molecular weight excluding hydrogens is 317 g/mol. The summed E-state index contributed by atoms with van der Waals surface area (Å²) in [7, 11) is 0. The minimum Gasteiger partial charge on any atom is -0.333 e. The molecule has 1 N–H and O–H groups in total. The van der Waals surface area contributed by atoms with Crippen molar-refractivity contribution in [2.45, 2.75) is 12.5 Å². The highest BCUT2D eigenvalue weighted by atomic mass is 35.5. The Hall–Kier alpha value is -1.98. The first kappa shape index (κ1) is 15.9. The maximum Gasteiger partial charge on any atom is 0.227 e. The largest absolute Gasteiger partial charge is 0.333 e. The molecule has 1 aromatic carbocycles. The summed E-state index contributed by atoms with van der Waals surface area (Å²) in [6.45, 7) is 2.09. The molecule has 1 unspecified atom stereocenters. The first-order valence-electron chi connectivity index (χ1n) is 7.49. The lowest BCUT2D eigenvalue weighted by Crippen LogP contribution is -2.49. The Kier molecular flexibility index (Phi) is 4.88. The third kappa shape index (κ3) is 3.68. The molecule has 1 aliphatic rings. The highest BCUT2D eigenvalue weighted by Gasteiger charge is 2.28. The predicted octanol–water partition coefficient (Wildman–Crippen LogP) is 2.59. The minimum absolute atomic E-state index is 0.0122. The molecule has 3 rings (SSSR count). The van der Waals surface area contributed by atoms with Crippen molar-refractivity contribution < 1.29 is 9.18 Å². The van der Waals surface area contributed by atoms with Crippen molar-refractivity contribution in [3.63, 3.8) is 0 Å². The van der Waals surface area contributed by atoms with Crippen LogP contribution in [0.2, 0.25) is 5.02 Å². The molecule has 2 heterocycles. The van der Waals surface area contributed by atoms with Crippen LogP contribution in [0.1, 0.15) is 17.2 Å². The second-order valence-electron chi connectivity index (χ2n) is 5.50. The van der Waals surface area contributed by atoms with E-state index in [2.05, 4.69) is 10.3 Å². The van der Waals surface area contributed by atoms with Gasteiger partial charge in [-0.1, -0.05) is 17.7 Å². The molecule has 2 aromatic rings. The van der Waals surface area contributed by atoms with Crippen molar-refractivity contribution in [1.82, 2.24) is 15.2 Å². The van der Waals surface area contributed by atoms with E-state index in [1.165, 1.54) is 12.1 Å². The number of hydrogen-bond donors (Lipinski definition) is 1. The number of nitrogens with one attached hydrogen (secondary N) is 1. The van der Waals surface area contributed by atoms with Crippen LogP contribution >= 0.6 is 11.6 Å². The number of carbonyl (C=O) groups excluding carboxylic acids is 1. The summed E-state index contributed by atoms with van der Waals surface area (Å²) in [4.78, 5) is 18.6. The number of nitrogens with zero attached hydrogens (tertiary/aromatic N) is 2. The summed E-state index contributed by atoms with van der Waals surface area (Å²) in [5.41, 5.74) is 1.69. The van der Waals surface area contributed by atoms with Crippen molar-refractivity contribution in [3.8, 4) is 0 Å². The van der Waals surface area contributed by atoms with Crippen LogP contribution < -0.4 is 5.32 Å². The molecule has 0 aliphatic carbocycles. The first-order valence-corrected chi connectivity index (χ1v) is 7.87. The average molecular weight is 334 g/mol. The summed E-state index contributed by atoms with van der Waals surface area (Å²) >= 11 is 6.03. The quantitative estimate of drug-likeness (QED) is 0.939. The lowest BCUT2D eigenvalue weighted by Gasteiger charge is -2.36. The van der Waals surface area contributed by atoms with E-state index in [9.17, 15) is 9.18 Å². The third-order valence-electron chi connectivity index (χ3n) is 4.01. The Labute approximate surface area is 139 Å². The molecule has 4 nitrogen and oxygen atoms in total. The Morgan fingerprint density at radius 3 is 2.87 bits per heavy atom. The molecule has 23 heavy (non-hydrogen) atoms. The molecule has 1 amide bonds. The number of hydrogen-bond acceptors (Lipinski definition) is 3. The number of piperazine rings is 1. The van der Waals surface area contributed by atoms with Crippen LogP contribution in [0.15, 0.2) is 42.7 Å². The van der Waals surface area contributed by atoms with E-state index in [-0.39, 0.29) is 23.4 Å². The molecule has 0 radical (unpaired) electrons. The molecule has 120 valence electrons. The highest BCUT2D eigenvalue weighted by Crippen LogP contribution is 2.24. The maximum absolute atomic E-state index is 13.1. The van der Waals surface area contributed by atoms with Crippen LogP contribution in [0.5, 0.6) is 0 Å². The molecule has 1 fully saturated rings. The van der Waals surface area contributed by atoms with Crippen molar-refractivity contribution in [2.75, 3.05) is 19.6 Å². The van der Waals surface area contributed by atoms with E-state index in [0.29, 0.717) is 18.7 Å². The van der Waals surface area contributed by atoms with E-state index in [4.69, 9.17) is 11.6 Å². The normalized spacial score (nSPS) is 18.0. The lowest BCUT2D eigenvalue weighted by atomic mass is 10.0. The van der Waals surface area contributed by atoms with E-state index in [1.54, 1.807) is 18.5 Å². The number of halogens is 2. The van der Waals surface area contributed by atoms with Crippen molar-refractivity contribution in [3.05, 3.63) is 64.7 Å². The fourth-order valence-electron chi connectivity index (χ4n) is 2.82. The van der Waals surface area contributed by atoms with Gasteiger partial charge in [0.25, 0.3) is 0 Å². The number of pyridine rings is 1. The summed E-state index contributed by atoms with van der Waals surface area (Å²) in [6, 6.07) is 7.94. The summed E-state index contributed by atoms with van der Waals surface area (Å²) in [5, 5.41) is 3.60. The van der Waals surface area contributed by atoms with Crippen molar-refractivity contribution in [1.29, 1.82) is 0 Å². The van der Waals surface area contributed by atoms with E-state index in [0.717, 1.165) is 12.1 Å². The molecule has 1 atom stereocenters. The van der Waals surface area contributed by atoms with Gasteiger partial charge in [-0.3, -0.25) is 9.78 Å². The zero-order valence-corrected chi connectivity index (χ0v) is 13.3. The van der Waals surface area contributed by atoms with Crippen molar-refractivity contribution in [2.24, 2.45) is 0 Å². The number of benzene rings is 1. The van der Waals surface area contributed by atoms with Crippen LogP contribution in [-0.4, -0.2) is 35.4 Å². The SMILES string of the molecule is O=C(Cc1ccc(F)cc1Cl)N1CCNCC1c1ccncc1. The number of rotatable bonds is 3. The van der Waals surface area contributed by atoms with E-state index in [1.807, 2.05) is 17.0 Å². The van der Waals surface area contributed by atoms with Gasteiger partial charge in [-0.2, -0.15) is 0 Å². The zero-order valence-electron chi connectivity index (χ0n) is 12.5. The molecule has 0 saturated carbocycles. The van der Waals surface area contributed by atoms with E-state index < -0.39 is 5.82 Å². The van der Waals surface area contributed by atoms with Crippen LogP contribution in [0, 0.1) is 5.82 Å². The van der Waals surface area contributed by atoms with Gasteiger partial charge in [-0.25, -0.2) is 4.39 Å². The maximum atomic E-state index is 13.1. The van der Waals surface area contributed by atoms with Crippen LogP contribution in [0.25, 0.3) is 0 Å². The fraction of sp³-hybridized carbons (Fsp3) is 0.294. The van der Waals surface area contributed by atoms with Gasteiger partial charge in [0.05, 0.1) is 12.5 Å². The van der Waals surface area contributed by atoms with Gasteiger partial charge in [0.15, 0.2) is 0 Å².